The summed E-state index contributed by atoms with van der Waals surface area (Å²) in [5, 5.41) is 2.93. The summed E-state index contributed by atoms with van der Waals surface area (Å²) in [5.74, 6) is 0.770. The van der Waals surface area contributed by atoms with Gasteiger partial charge < -0.3 is 20.7 Å². The maximum atomic E-state index is 12.3. The van der Waals surface area contributed by atoms with E-state index in [1.807, 2.05) is 24.3 Å². The number of urea groups is 1. The largest absolute Gasteiger partial charge is 0.489 e. The molecule has 2 rings (SSSR count). The molecule has 0 aromatic heterocycles. The van der Waals surface area contributed by atoms with Crippen molar-refractivity contribution in [3.05, 3.63) is 42.5 Å². The van der Waals surface area contributed by atoms with Crippen molar-refractivity contribution >= 4 is 11.9 Å². The van der Waals surface area contributed by atoms with E-state index in [-0.39, 0.29) is 11.9 Å². The Kier molecular flexibility index (Phi) is 6.66. The highest BCUT2D eigenvalue weighted by Gasteiger charge is 2.23. The lowest BCUT2D eigenvalue weighted by atomic mass is 9.93. The molecule has 130 valence electrons. The number of benzene rings is 1. The second-order valence-electron chi connectivity index (χ2n) is 5.97. The van der Waals surface area contributed by atoms with Crippen LogP contribution in [0.1, 0.15) is 24.8 Å². The average Bonchev–Trinajstić information content (AvgIpc) is 2.58. The van der Waals surface area contributed by atoms with Crippen LogP contribution in [0.15, 0.2) is 36.9 Å². The number of carbonyl (C=O) groups is 2. The van der Waals surface area contributed by atoms with Crippen LogP contribution in [0.5, 0.6) is 5.75 Å². The van der Waals surface area contributed by atoms with Crippen molar-refractivity contribution in [2.75, 3.05) is 19.7 Å². The molecule has 0 spiro atoms. The molecule has 0 unspecified atom stereocenters. The first kappa shape index (κ1) is 17.8. The lowest BCUT2D eigenvalue weighted by molar-refractivity contribution is -0.119. The molecule has 1 fully saturated rings. The highest BCUT2D eigenvalue weighted by molar-refractivity contribution is 5.75. The number of primary amides is 1. The van der Waals surface area contributed by atoms with Crippen molar-refractivity contribution in [3.8, 4) is 5.75 Å². The summed E-state index contributed by atoms with van der Waals surface area (Å²) in [7, 11) is 0. The topological polar surface area (TPSA) is 84.7 Å². The van der Waals surface area contributed by atoms with Crippen molar-refractivity contribution in [2.24, 2.45) is 11.7 Å². The minimum Gasteiger partial charge on any atom is -0.489 e. The third-order valence-electron chi connectivity index (χ3n) is 4.15. The maximum Gasteiger partial charge on any atom is 0.317 e. The van der Waals surface area contributed by atoms with E-state index in [0.717, 1.165) is 24.2 Å². The molecule has 0 atom stereocenters. The molecule has 6 nitrogen and oxygen atoms in total. The minimum atomic E-state index is -0.269. The van der Waals surface area contributed by atoms with Crippen LogP contribution >= 0.6 is 0 Å². The van der Waals surface area contributed by atoms with Crippen molar-refractivity contribution < 1.29 is 14.3 Å². The standard InChI is InChI=1S/C18H25N3O3/c1-2-11-24-16-6-4-3-5-15(16)13-20-18(23)21-9-7-14(8-10-21)12-17(19)22/h2-6,14H,1,7-13H2,(H2,19,22)(H,20,23). The molecule has 24 heavy (non-hydrogen) atoms. The second kappa shape index (κ2) is 8.96. The van der Waals surface area contributed by atoms with Crippen LogP contribution in [0, 0.1) is 5.92 Å². The lowest BCUT2D eigenvalue weighted by Gasteiger charge is -2.31. The number of likely N-dealkylation sites (tertiary alicyclic amines) is 1. The molecule has 3 N–H and O–H groups in total. The van der Waals surface area contributed by atoms with Gasteiger partial charge in [-0.15, -0.1) is 0 Å². The molecule has 1 heterocycles. The molecule has 0 bridgehead atoms. The average molecular weight is 331 g/mol. The third kappa shape index (κ3) is 5.30. The normalized spacial score (nSPS) is 14.9. The second-order valence-corrected chi connectivity index (χ2v) is 5.97. The van der Waals surface area contributed by atoms with Gasteiger partial charge in [-0.25, -0.2) is 4.79 Å². The Bertz CT molecular complexity index is 581. The molecule has 1 aromatic carbocycles. The molecule has 1 aliphatic heterocycles. The number of nitrogens with zero attached hydrogens (tertiary/aromatic N) is 1. The summed E-state index contributed by atoms with van der Waals surface area (Å²) in [6.45, 7) is 5.78. The minimum absolute atomic E-state index is 0.0916. The number of carbonyl (C=O) groups excluding carboxylic acids is 2. The van der Waals surface area contributed by atoms with Gasteiger partial charge in [0.05, 0.1) is 0 Å². The molecule has 1 aliphatic rings. The van der Waals surface area contributed by atoms with E-state index in [9.17, 15) is 9.59 Å². The first-order valence-corrected chi connectivity index (χ1v) is 8.23. The van der Waals surface area contributed by atoms with E-state index >= 15 is 0 Å². The van der Waals surface area contributed by atoms with Crippen molar-refractivity contribution in [1.29, 1.82) is 0 Å². The summed E-state index contributed by atoms with van der Waals surface area (Å²) < 4.78 is 5.59. The van der Waals surface area contributed by atoms with Gasteiger partial charge in [0, 0.05) is 31.6 Å². The predicted molar refractivity (Wildman–Crippen MR) is 92.5 cm³/mol. The van der Waals surface area contributed by atoms with Crippen LogP contribution in [0.2, 0.25) is 0 Å². The van der Waals surface area contributed by atoms with Gasteiger partial charge in [-0.2, -0.15) is 0 Å². The predicted octanol–water partition coefficient (Wildman–Crippen LogP) is 2.05. The number of nitrogens with two attached hydrogens (primary N) is 1. The van der Waals surface area contributed by atoms with Crippen molar-refractivity contribution in [1.82, 2.24) is 10.2 Å². The van der Waals surface area contributed by atoms with E-state index in [0.29, 0.717) is 38.6 Å². The van der Waals surface area contributed by atoms with Crippen LogP contribution in [0.25, 0.3) is 0 Å². The molecule has 0 radical (unpaired) electrons. The number of para-hydroxylation sites is 1. The van der Waals surface area contributed by atoms with E-state index < -0.39 is 0 Å². The summed E-state index contributed by atoms with van der Waals surface area (Å²) in [6.07, 6.45) is 3.72. The van der Waals surface area contributed by atoms with Gasteiger partial charge in [0.1, 0.15) is 12.4 Å². The first-order chi connectivity index (χ1) is 11.6. The number of nitrogens with one attached hydrogen (secondary N) is 1. The quantitative estimate of drug-likeness (QED) is 0.750. The Labute approximate surface area is 142 Å². The number of piperidine rings is 1. The summed E-state index contributed by atoms with van der Waals surface area (Å²) in [6, 6.07) is 7.52. The van der Waals surface area contributed by atoms with Crippen LogP contribution in [0.3, 0.4) is 0 Å². The Balaban J connectivity index is 1.81. The molecule has 1 aromatic rings. The van der Waals surface area contributed by atoms with Crippen LogP contribution in [-0.2, 0) is 11.3 Å². The first-order valence-electron chi connectivity index (χ1n) is 8.23. The van der Waals surface area contributed by atoms with Gasteiger partial charge in [0.2, 0.25) is 5.91 Å². The fourth-order valence-corrected chi connectivity index (χ4v) is 2.85. The highest BCUT2D eigenvalue weighted by Crippen LogP contribution is 2.21. The van der Waals surface area contributed by atoms with Crippen molar-refractivity contribution in [2.45, 2.75) is 25.8 Å². The zero-order valence-electron chi connectivity index (χ0n) is 13.9. The fourth-order valence-electron chi connectivity index (χ4n) is 2.85. The van der Waals surface area contributed by atoms with E-state index in [1.54, 1.807) is 11.0 Å². The highest BCUT2D eigenvalue weighted by atomic mass is 16.5. The monoisotopic (exact) mass is 331 g/mol. The van der Waals surface area contributed by atoms with Crippen molar-refractivity contribution in [3.63, 3.8) is 0 Å². The van der Waals surface area contributed by atoms with Gasteiger partial charge in [-0.05, 0) is 24.8 Å². The van der Waals surface area contributed by atoms with Gasteiger partial charge in [0.25, 0.3) is 0 Å². The zero-order valence-corrected chi connectivity index (χ0v) is 13.9. The van der Waals surface area contributed by atoms with E-state index in [4.69, 9.17) is 10.5 Å². The van der Waals surface area contributed by atoms with Crippen LogP contribution in [-0.4, -0.2) is 36.5 Å². The summed E-state index contributed by atoms with van der Waals surface area (Å²) in [4.78, 5) is 25.0. The molecule has 6 heteroatoms. The molecule has 0 aliphatic carbocycles. The smallest absolute Gasteiger partial charge is 0.317 e. The van der Waals surface area contributed by atoms with Crippen LogP contribution in [0.4, 0.5) is 4.79 Å². The summed E-state index contributed by atoms with van der Waals surface area (Å²) >= 11 is 0. The fraction of sp³-hybridized carbons (Fsp3) is 0.444. The third-order valence-corrected chi connectivity index (χ3v) is 4.15. The Morgan fingerprint density at radius 1 is 1.33 bits per heavy atom. The van der Waals surface area contributed by atoms with E-state index in [1.165, 1.54) is 0 Å². The number of hydrogen-bond acceptors (Lipinski definition) is 3. The van der Waals surface area contributed by atoms with Gasteiger partial charge >= 0.3 is 6.03 Å². The van der Waals surface area contributed by atoms with Gasteiger partial charge in [-0.1, -0.05) is 30.9 Å². The molecular weight excluding hydrogens is 306 g/mol. The van der Waals surface area contributed by atoms with Gasteiger partial charge in [0.15, 0.2) is 0 Å². The molecular formula is C18H25N3O3. The Morgan fingerprint density at radius 3 is 2.71 bits per heavy atom. The number of amides is 3. The van der Waals surface area contributed by atoms with Gasteiger partial charge in [-0.3, -0.25) is 4.79 Å². The lowest BCUT2D eigenvalue weighted by Crippen LogP contribution is -2.44. The number of ether oxygens (including phenoxy) is 1. The Morgan fingerprint density at radius 2 is 2.04 bits per heavy atom. The molecule has 0 saturated carbocycles. The summed E-state index contributed by atoms with van der Waals surface area (Å²) in [5.41, 5.74) is 6.16. The van der Waals surface area contributed by atoms with Crippen LogP contribution < -0.4 is 15.8 Å². The maximum absolute atomic E-state index is 12.3. The zero-order chi connectivity index (χ0) is 17.4. The SMILES string of the molecule is C=CCOc1ccccc1CNC(=O)N1CCC(CC(N)=O)CC1. The molecule has 1 saturated heterocycles. The van der Waals surface area contributed by atoms with E-state index in [2.05, 4.69) is 11.9 Å². The Hall–Kier alpha value is -2.50. The number of rotatable bonds is 7. The molecule has 3 amide bonds. The number of hydrogen-bond donors (Lipinski definition) is 2.